The summed E-state index contributed by atoms with van der Waals surface area (Å²) >= 11 is 0. The van der Waals surface area contributed by atoms with Crippen LogP contribution in [-0.2, 0) is 4.79 Å². The van der Waals surface area contributed by atoms with Gasteiger partial charge in [0.05, 0.1) is 0 Å². The van der Waals surface area contributed by atoms with Crippen molar-refractivity contribution in [2.24, 2.45) is 11.8 Å². The van der Waals surface area contributed by atoms with Crippen molar-refractivity contribution in [3.05, 3.63) is 0 Å². The molecule has 3 atom stereocenters. The smallest absolute Gasteiger partial charge is 0.220 e. The van der Waals surface area contributed by atoms with E-state index in [1.54, 1.807) is 0 Å². The number of hydrogen-bond acceptors (Lipinski definition) is 3. The lowest BCUT2D eigenvalue weighted by molar-refractivity contribution is -0.123. The van der Waals surface area contributed by atoms with Gasteiger partial charge in [-0.3, -0.25) is 4.79 Å². The van der Waals surface area contributed by atoms with Crippen molar-refractivity contribution in [2.45, 2.75) is 64.0 Å². The summed E-state index contributed by atoms with van der Waals surface area (Å²) in [6.07, 6.45) is 7.91. The van der Waals surface area contributed by atoms with Crippen molar-refractivity contribution in [3.63, 3.8) is 0 Å². The topological polar surface area (TPSA) is 44.4 Å². The van der Waals surface area contributed by atoms with Crippen LogP contribution < -0.4 is 10.6 Å². The zero-order valence-electron chi connectivity index (χ0n) is 14.0. The van der Waals surface area contributed by atoms with Gasteiger partial charge in [-0.05, 0) is 77.5 Å². The number of nitrogens with zero attached hydrogens (tertiary/aromatic N) is 1. The second kappa shape index (κ2) is 8.14. The average molecular weight is 295 g/mol. The molecule has 1 aliphatic carbocycles. The molecule has 2 N–H and O–H groups in total. The molecule has 2 fully saturated rings. The fourth-order valence-corrected chi connectivity index (χ4v) is 3.92. The molecule has 3 unspecified atom stereocenters. The minimum Gasteiger partial charge on any atom is -0.353 e. The van der Waals surface area contributed by atoms with Crippen molar-refractivity contribution < 1.29 is 4.79 Å². The van der Waals surface area contributed by atoms with Crippen molar-refractivity contribution in [3.8, 4) is 0 Å². The molecule has 2 aliphatic rings. The Morgan fingerprint density at radius 2 is 1.95 bits per heavy atom. The van der Waals surface area contributed by atoms with Crippen LogP contribution >= 0.6 is 0 Å². The van der Waals surface area contributed by atoms with Gasteiger partial charge in [-0.1, -0.05) is 6.92 Å². The number of nitrogens with one attached hydrogen (secondary N) is 2. The standard InChI is InChI=1S/C17H33N3O/c1-13(14-7-9-18-10-8-14)11-17(21)19-15-5-4-6-16(12-15)20(2)3/h13-16,18H,4-12H2,1-3H3,(H,19,21). The van der Waals surface area contributed by atoms with E-state index in [4.69, 9.17) is 0 Å². The molecule has 0 aromatic rings. The second-order valence-corrected chi connectivity index (χ2v) is 7.32. The first kappa shape index (κ1) is 16.8. The number of piperidine rings is 1. The molecule has 0 radical (unpaired) electrons. The molecular weight excluding hydrogens is 262 g/mol. The molecule has 0 spiro atoms. The Labute approximate surface area is 130 Å². The summed E-state index contributed by atoms with van der Waals surface area (Å²) in [4.78, 5) is 14.6. The molecule has 1 aliphatic heterocycles. The number of rotatable bonds is 5. The molecule has 1 amide bonds. The van der Waals surface area contributed by atoms with E-state index >= 15 is 0 Å². The minimum atomic E-state index is 0.269. The van der Waals surface area contributed by atoms with Crippen LogP contribution in [0.2, 0.25) is 0 Å². The van der Waals surface area contributed by atoms with E-state index in [0.717, 1.165) is 31.8 Å². The first-order valence-electron chi connectivity index (χ1n) is 8.72. The Bertz CT molecular complexity index is 326. The monoisotopic (exact) mass is 295 g/mol. The van der Waals surface area contributed by atoms with Crippen LogP contribution in [0.1, 0.15) is 51.9 Å². The van der Waals surface area contributed by atoms with Crippen molar-refractivity contribution >= 4 is 5.91 Å². The molecule has 1 saturated carbocycles. The highest BCUT2D eigenvalue weighted by atomic mass is 16.1. The third kappa shape index (κ3) is 5.26. The van der Waals surface area contributed by atoms with Gasteiger partial charge in [-0.25, -0.2) is 0 Å². The molecule has 1 saturated heterocycles. The van der Waals surface area contributed by atoms with Crippen LogP contribution in [0, 0.1) is 11.8 Å². The molecule has 122 valence electrons. The van der Waals surface area contributed by atoms with Gasteiger partial charge in [-0.15, -0.1) is 0 Å². The van der Waals surface area contributed by atoms with Gasteiger partial charge in [0.15, 0.2) is 0 Å². The van der Waals surface area contributed by atoms with Gasteiger partial charge in [0.25, 0.3) is 0 Å². The lowest BCUT2D eigenvalue weighted by Crippen LogP contribution is -2.44. The summed E-state index contributed by atoms with van der Waals surface area (Å²) in [7, 11) is 4.29. The molecule has 0 bridgehead atoms. The fourth-order valence-electron chi connectivity index (χ4n) is 3.92. The van der Waals surface area contributed by atoms with E-state index in [1.165, 1.54) is 25.7 Å². The van der Waals surface area contributed by atoms with E-state index in [0.29, 0.717) is 24.4 Å². The first-order valence-corrected chi connectivity index (χ1v) is 8.72. The summed E-state index contributed by atoms with van der Waals surface area (Å²) < 4.78 is 0. The fraction of sp³-hybridized carbons (Fsp3) is 0.941. The third-order valence-corrected chi connectivity index (χ3v) is 5.44. The number of carbonyl (C=O) groups excluding carboxylic acids is 1. The summed E-state index contributed by atoms with van der Waals surface area (Å²) in [6, 6.07) is 1.02. The lowest BCUT2D eigenvalue weighted by Gasteiger charge is -2.34. The maximum Gasteiger partial charge on any atom is 0.220 e. The largest absolute Gasteiger partial charge is 0.353 e. The Hall–Kier alpha value is -0.610. The van der Waals surface area contributed by atoms with Gasteiger partial charge in [-0.2, -0.15) is 0 Å². The molecule has 0 aromatic heterocycles. The van der Waals surface area contributed by atoms with Gasteiger partial charge in [0, 0.05) is 18.5 Å². The maximum absolute atomic E-state index is 12.3. The summed E-state index contributed by atoms with van der Waals surface area (Å²) in [5, 5.41) is 6.69. The van der Waals surface area contributed by atoms with Crippen molar-refractivity contribution in [1.82, 2.24) is 15.5 Å². The van der Waals surface area contributed by atoms with Crippen LogP contribution in [0.15, 0.2) is 0 Å². The van der Waals surface area contributed by atoms with E-state index in [2.05, 4.69) is 36.6 Å². The Morgan fingerprint density at radius 3 is 2.62 bits per heavy atom. The van der Waals surface area contributed by atoms with Crippen LogP contribution in [0.3, 0.4) is 0 Å². The van der Waals surface area contributed by atoms with E-state index < -0.39 is 0 Å². The maximum atomic E-state index is 12.3. The minimum absolute atomic E-state index is 0.269. The zero-order valence-corrected chi connectivity index (χ0v) is 14.0. The average Bonchev–Trinajstić information content (AvgIpc) is 2.48. The second-order valence-electron chi connectivity index (χ2n) is 7.32. The highest BCUT2D eigenvalue weighted by Crippen LogP contribution is 2.25. The highest BCUT2D eigenvalue weighted by Gasteiger charge is 2.26. The van der Waals surface area contributed by atoms with Crippen molar-refractivity contribution in [2.75, 3.05) is 27.2 Å². The third-order valence-electron chi connectivity index (χ3n) is 5.44. The number of carbonyl (C=O) groups is 1. The van der Waals surface area contributed by atoms with Crippen LogP contribution in [0.4, 0.5) is 0 Å². The van der Waals surface area contributed by atoms with Gasteiger partial charge in [0.1, 0.15) is 0 Å². The molecule has 2 rings (SSSR count). The molecule has 21 heavy (non-hydrogen) atoms. The lowest BCUT2D eigenvalue weighted by atomic mass is 9.83. The summed E-state index contributed by atoms with van der Waals surface area (Å²) in [5.74, 6) is 1.50. The van der Waals surface area contributed by atoms with Crippen LogP contribution in [0.25, 0.3) is 0 Å². The molecular formula is C17H33N3O. The predicted molar refractivity (Wildman–Crippen MR) is 87.2 cm³/mol. The number of hydrogen-bond donors (Lipinski definition) is 2. The SMILES string of the molecule is CC(CC(=O)NC1CCCC(N(C)C)C1)C1CCNCC1. The molecule has 1 heterocycles. The van der Waals surface area contributed by atoms with Crippen molar-refractivity contribution in [1.29, 1.82) is 0 Å². The summed E-state index contributed by atoms with van der Waals surface area (Å²) in [6.45, 7) is 4.48. The first-order chi connectivity index (χ1) is 10.1. The quantitative estimate of drug-likeness (QED) is 0.815. The molecule has 4 nitrogen and oxygen atoms in total. The van der Waals surface area contributed by atoms with Crippen LogP contribution in [0.5, 0.6) is 0 Å². The number of amides is 1. The Kier molecular flexibility index (Phi) is 6.49. The Morgan fingerprint density at radius 1 is 1.24 bits per heavy atom. The van der Waals surface area contributed by atoms with Gasteiger partial charge < -0.3 is 15.5 Å². The van der Waals surface area contributed by atoms with Gasteiger partial charge in [0.2, 0.25) is 5.91 Å². The molecule has 4 heteroatoms. The predicted octanol–water partition coefficient (Wildman–Crippen LogP) is 2.00. The molecule has 0 aromatic carbocycles. The normalized spacial score (nSPS) is 29.3. The van der Waals surface area contributed by atoms with Gasteiger partial charge >= 0.3 is 0 Å². The highest BCUT2D eigenvalue weighted by molar-refractivity contribution is 5.76. The van der Waals surface area contributed by atoms with E-state index in [9.17, 15) is 4.79 Å². The van der Waals surface area contributed by atoms with Crippen LogP contribution in [-0.4, -0.2) is 50.1 Å². The van der Waals surface area contributed by atoms with E-state index in [1.807, 2.05) is 0 Å². The van der Waals surface area contributed by atoms with E-state index in [-0.39, 0.29) is 5.91 Å². The Balaban J connectivity index is 1.73. The summed E-state index contributed by atoms with van der Waals surface area (Å²) in [5.41, 5.74) is 0. The zero-order chi connectivity index (χ0) is 15.2.